The number of nitrogens with zero attached hydrogens (tertiary/aromatic N) is 3. The van der Waals surface area contributed by atoms with Gasteiger partial charge in [-0.2, -0.15) is 0 Å². The Morgan fingerprint density at radius 2 is 1.88 bits per heavy atom. The maximum absolute atomic E-state index is 12.5. The number of hydrogen-bond donors (Lipinski definition) is 0. The van der Waals surface area contributed by atoms with E-state index in [4.69, 9.17) is 4.74 Å². The number of carbonyl (C=O) groups is 2. The molecule has 164 valence electrons. The van der Waals surface area contributed by atoms with Crippen LogP contribution in [0.1, 0.15) is 29.4 Å². The summed E-state index contributed by atoms with van der Waals surface area (Å²) >= 11 is 1.35. The zero-order valence-electron chi connectivity index (χ0n) is 18.6. The number of anilines is 2. The third-order valence-corrected chi connectivity index (χ3v) is 6.42. The molecule has 0 atom stereocenters. The Balaban J connectivity index is 1.47. The minimum Gasteiger partial charge on any atom is -0.458 e. The Morgan fingerprint density at radius 1 is 1.09 bits per heavy atom. The number of rotatable bonds is 6. The molecule has 6 nitrogen and oxygen atoms in total. The van der Waals surface area contributed by atoms with Crippen molar-refractivity contribution < 1.29 is 14.3 Å². The molecule has 0 N–H and O–H groups in total. The number of amides is 1. The van der Waals surface area contributed by atoms with E-state index >= 15 is 0 Å². The molecule has 0 spiro atoms. The lowest BCUT2D eigenvalue weighted by atomic mass is 10.1. The highest BCUT2D eigenvalue weighted by Crippen LogP contribution is 2.32. The van der Waals surface area contributed by atoms with Crippen molar-refractivity contribution in [1.82, 2.24) is 9.55 Å². The average molecular weight is 448 g/mol. The fraction of sp³-hybridized carbons (Fsp3) is 0.240. The van der Waals surface area contributed by atoms with E-state index in [1.54, 1.807) is 4.90 Å². The van der Waals surface area contributed by atoms with Crippen molar-refractivity contribution in [3.8, 4) is 0 Å². The van der Waals surface area contributed by atoms with Gasteiger partial charge < -0.3 is 9.30 Å². The van der Waals surface area contributed by atoms with E-state index in [1.165, 1.54) is 18.3 Å². The molecule has 0 aliphatic carbocycles. The van der Waals surface area contributed by atoms with E-state index in [1.807, 2.05) is 73.2 Å². The molecule has 0 aliphatic rings. The number of carbonyl (C=O) groups excluding carboxylic acids is 2. The van der Waals surface area contributed by atoms with Gasteiger partial charge in [-0.1, -0.05) is 30.3 Å². The first kappa shape index (κ1) is 21.8. The third kappa shape index (κ3) is 4.29. The first-order chi connectivity index (χ1) is 15.3. The number of hydrogen-bond acceptors (Lipinski definition) is 5. The van der Waals surface area contributed by atoms with E-state index in [0.29, 0.717) is 10.8 Å². The fourth-order valence-electron chi connectivity index (χ4n) is 3.74. The summed E-state index contributed by atoms with van der Waals surface area (Å²) in [5.74, 6) is -0.450. The Hall–Kier alpha value is -3.45. The van der Waals surface area contributed by atoms with E-state index in [0.717, 1.165) is 33.4 Å². The maximum atomic E-state index is 12.5. The number of benzene rings is 2. The Labute approximate surface area is 191 Å². The summed E-state index contributed by atoms with van der Waals surface area (Å²) in [5, 5.41) is 3.47. The molecule has 2 aromatic carbocycles. The van der Waals surface area contributed by atoms with Crippen molar-refractivity contribution in [3.05, 3.63) is 76.4 Å². The van der Waals surface area contributed by atoms with Crippen LogP contribution in [0, 0.1) is 20.8 Å². The lowest BCUT2D eigenvalue weighted by molar-refractivity contribution is -0.145. The normalized spacial score (nSPS) is 11.0. The van der Waals surface area contributed by atoms with Crippen molar-refractivity contribution in [2.45, 2.75) is 40.8 Å². The summed E-state index contributed by atoms with van der Waals surface area (Å²) < 4.78 is 7.43. The summed E-state index contributed by atoms with van der Waals surface area (Å²) in [4.78, 5) is 31.1. The summed E-state index contributed by atoms with van der Waals surface area (Å²) in [7, 11) is 0. The van der Waals surface area contributed by atoms with Crippen LogP contribution < -0.4 is 4.90 Å². The van der Waals surface area contributed by atoms with Crippen LogP contribution in [0.4, 0.5) is 10.8 Å². The molecule has 0 fully saturated rings. The van der Waals surface area contributed by atoms with Gasteiger partial charge in [-0.3, -0.25) is 14.5 Å². The van der Waals surface area contributed by atoms with Crippen molar-refractivity contribution in [3.63, 3.8) is 0 Å². The Bertz CT molecular complexity index is 1310. The molecule has 7 heteroatoms. The molecule has 0 radical (unpaired) electrons. The second-order valence-corrected chi connectivity index (χ2v) is 8.62. The largest absolute Gasteiger partial charge is 0.458 e. The topological polar surface area (TPSA) is 64.4 Å². The number of esters is 1. The van der Waals surface area contributed by atoms with Gasteiger partial charge in [0.1, 0.15) is 13.2 Å². The van der Waals surface area contributed by atoms with Crippen molar-refractivity contribution in [2.75, 3.05) is 4.90 Å². The average Bonchev–Trinajstić information content (AvgIpc) is 3.34. The zero-order valence-corrected chi connectivity index (χ0v) is 19.4. The SMILES string of the molecule is CC(=O)N(c1nc(COC(=O)Cn2c(C)cc3ccccc32)cs1)c1cccc(C)c1C. The van der Waals surface area contributed by atoms with Crippen LogP contribution in [0.3, 0.4) is 0 Å². The molecule has 32 heavy (non-hydrogen) atoms. The maximum Gasteiger partial charge on any atom is 0.326 e. The van der Waals surface area contributed by atoms with Gasteiger partial charge in [-0.15, -0.1) is 11.3 Å². The molecule has 0 aliphatic heterocycles. The van der Waals surface area contributed by atoms with Crippen molar-refractivity contribution in [1.29, 1.82) is 0 Å². The van der Waals surface area contributed by atoms with Gasteiger partial charge in [0.2, 0.25) is 5.91 Å². The fourth-order valence-corrected chi connectivity index (χ4v) is 4.60. The van der Waals surface area contributed by atoms with Gasteiger partial charge in [0.15, 0.2) is 5.13 Å². The number of aromatic nitrogens is 2. The molecule has 0 bridgehead atoms. The van der Waals surface area contributed by atoms with Crippen molar-refractivity contribution in [2.24, 2.45) is 0 Å². The Morgan fingerprint density at radius 3 is 2.66 bits per heavy atom. The summed E-state index contributed by atoms with van der Waals surface area (Å²) in [6.45, 7) is 7.70. The molecule has 4 aromatic rings. The monoisotopic (exact) mass is 447 g/mol. The van der Waals surface area contributed by atoms with Gasteiger partial charge in [-0.05, 0) is 55.5 Å². The highest BCUT2D eigenvalue weighted by Gasteiger charge is 2.20. The zero-order chi connectivity index (χ0) is 22.8. The van der Waals surface area contributed by atoms with Crippen LogP contribution in [-0.4, -0.2) is 21.4 Å². The van der Waals surface area contributed by atoms with Crippen LogP contribution >= 0.6 is 11.3 Å². The van der Waals surface area contributed by atoms with Crippen molar-refractivity contribution >= 4 is 44.9 Å². The van der Waals surface area contributed by atoms with Gasteiger partial charge >= 0.3 is 5.97 Å². The molecular weight excluding hydrogens is 422 g/mol. The van der Waals surface area contributed by atoms with E-state index in [-0.39, 0.29) is 25.0 Å². The predicted octanol–water partition coefficient (Wildman–Crippen LogP) is 5.45. The van der Waals surface area contributed by atoms with E-state index in [9.17, 15) is 9.59 Å². The van der Waals surface area contributed by atoms with Crippen LogP contribution in [0.2, 0.25) is 0 Å². The quantitative estimate of drug-likeness (QED) is 0.369. The second-order valence-electron chi connectivity index (χ2n) is 7.79. The Kier molecular flexibility index (Phi) is 6.10. The van der Waals surface area contributed by atoms with Gasteiger partial charge in [-0.25, -0.2) is 4.98 Å². The molecule has 0 saturated carbocycles. The summed E-state index contributed by atoms with van der Waals surface area (Å²) in [6.07, 6.45) is 0. The minimum absolute atomic E-state index is 0.0616. The highest BCUT2D eigenvalue weighted by atomic mass is 32.1. The van der Waals surface area contributed by atoms with Crippen LogP contribution in [0.25, 0.3) is 10.9 Å². The predicted molar refractivity (Wildman–Crippen MR) is 127 cm³/mol. The number of aryl methyl sites for hydroxylation is 2. The van der Waals surface area contributed by atoms with Crippen LogP contribution in [0.5, 0.6) is 0 Å². The lowest BCUT2D eigenvalue weighted by Crippen LogP contribution is -2.23. The number of para-hydroxylation sites is 1. The molecule has 4 rings (SSSR count). The van der Waals surface area contributed by atoms with Gasteiger partial charge in [0.25, 0.3) is 0 Å². The summed E-state index contributed by atoms with van der Waals surface area (Å²) in [6, 6.07) is 15.9. The summed E-state index contributed by atoms with van der Waals surface area (Å²) in [5.41, 5.74) is 5.56. The second kappa shape index (κ2) is 8.96. The molecule has 1 amide bonds. The third-order valence-electron chi connectivity index (χ3n) is 5.55. The standard InChI is InChI=1S/C25H25N3O3S/c1-16-8-7-11-22(18(16)3)28(19(4)29)25-26-21(15-32-25)14-31-24(30)13-27-17(2)12-20-9-5-6-10-23(20)27/h5-12,15H,13-14H2,1-4H3. The van der Waals surface area contributed by atoms with Crippen LogP contribution in [-0.2, 0) is 27.5 Å². The molecule has 0 saturated heterocycles. The van der Waals surface area contributed by atoms with E-state index in [2.05, 4.69) is 11.1 Å². The number of thiazole rings is 1. The minimum atomic E-state index is -0.332. The number of fused-ring (bicyclic) bond motifs is 1. The van der Waals surface area contributed by atoms with Crippen LogP contribution in [0.15, 0.2) is 53.9 Å². The molecular formula is C25H25N3O3S. The lowest BCUT2D eigenvalue weighted by Gasteiger charge is -2.21. The highest BCUT2D eigenvalue weighted by molar-refractivity contribution is 7.14. The van der Waals surface area contributed by atoms with Gasteiger partial charge in [0, 0.05) is 23.5 Å². The molecule has 0 unspecified atom stereocenters. The van der Waals surface area contributed by atoms with E-state index < -0.39 is 0 Å². The molecule has 2 heterocycles. The smallest absolute Gasteiger partial charge is 0.326 e. The molecule has 2 aromatic heterocycles. The van der Waals surface area contributed by atoms with Gasteiger partial charge in [0.05, 0.1) is 11.4 Å². The first-order valence-electron chi connectivity index (χ1n) is 10.4. The number of ether oxygens (including phenoxy) is 1. The first-order valence-corrected chi connectivity index (χ1v) is 11.2.